The van der Waals surface area contributed by atoms with Crippen LogP contribution in [0.15, 0.2) is 56.9 Å². The summed E-state index contributed by atoms with van der Waals surface area (Å²) in [7, 11) is 3.16. The fraction of sp³-hybridized carbons (Fsp3) is 0.312. The summed E-state index contributed by atoms with van der Waals surface area (Å²) < 4.78 is 2.77. The molecule has 0 atom stereocenters. The van der Waals surface area contributed by atoms with Gasteiger partial charge < -0.3 is 34.3 Å². The molecule has 4 rings (SSSR count). The second kappa shape index (κ2) is 18.2. The largest absolute Gasteiger partial charge is 0.506 e. The number of aromatic nitrogens is 4. The average molecular weight is 706 g/mol. The number of anilines is 2. The van der Waals surface area contributed by atoms with E-state index in [9.17, 15) is 10.2 Å². The second-order valence-corrected chi connectivity index (χ2v) is 9.82. The Morgan fingerprint density at radius 1 is 0.735 bits per heavy atom. The first-order valence-corrected chi connectivity index (χ1v) is 14.8. The Hall–Kier alpha value is -6.27. The van der Waals surface area contributed by atoms with Crippen LogP contribution in [0.1, 0.15) is 39.1 Å². The van der Waals surface area contributed by atoms with Gasteiger partial charge in [0.05, 0.1) is 7.05 Å². The molecule has 2 aromatic heterocycles. The molecule has 4 aromatic rings. The molecule has 1 radical (unpaired) electrons. The van der Waals surface area contributed by atoms with E-state index < -0.39 is 0 Å². The number of hydrogen-bond acceptors (Lipinski definition) is 12. The number of azo groups is 2. The molecule has 0 bridgehead atoms. The molecule has 0 spiro atoms. The van der Waals surface area contributed by atoms with Gasteiger partial charge in [-0.2, -0.15) is 15.5 Å². The molecule has 0 saturated heterocycles. The zero-order valence-electron chi connectivity index (χ0n) is 27.8. The molecule has 16 nitrogen and oxygen atoms in total. The first-order valence-electron chi connectivity index (χ1n) is 14.8. The van der Waals surface area contributed by atoms with E-state index >= 15 is 0 Å². The molecule has 0 aliphatic rings. The van der Waals surface area contributed by atoms with Crippen LogP contribution in [0.4, 0.5) is 46.3 Å². The van der Waals surface area contributed by atoms with Crippen molar-refractivity contribution < 1.29 is 27.0 Å². The van der Waals surface area contributed by atoms with Crippen LogP contribution >= 0.6 is 0 Å². The van der Waals surface area contributed by atoms with Crippen LogP contribution in [-0.4, -0.2) is 55.5 Å². The third-order valence-corrected chi connectivity index (χ3v) is 7.19. The first-order chi connectivity index (χ1) is 23.1. The topological polar surface area (TPSA) is 188 Å². The average Bonchev–Trinajstić information content (AvgIpc) is 3.58. The van der Waals surface area contributed by atoms with E-state index in [4.69, 9.17) is 23.7 Å². The Morgan fingerprint density at radius 3 is 1.53 bits per heavy atom. The maximum Gasteiger partial charge on any atom is 0.416 e. The van der Waals surface area contributed by atoms with Crippen molar-refractivity contribution in [1.82, 2.24) is 19.1 Å². The van der Waals surface area contributed by atoms with E-state index in [1.807, 2.05) is 52.0 Å². The molecular formula is C32H34CoN14O2. The number of nitriles is 2. The van der Waals surface area contributed by atoms with Crippen molar-refractivity contribution in [2.24, 2.45) is 34.6 Å². The monoisotopic (exact) mass is 705 g/mol. The fourth-order valence-corrected chi connectivity index (χ4v) is 4.50. The summed E-state index contributed by atoms with van der Waals surface area (Å²) >= 11 is 0. The van der Waals surface area contributed by atoms with Crippen LogP contribution in [0, 0.1) is 35.8 Å². The van der Waals surface area contributed by atoms with Gasteiger partial charge in [0.25, 0.3) is 17.6 Å². The Bertz CT molecular complexity index is 1850. The third-order valence-electron chi connectivity index (χ3n) is 7.19. The van der Waals surface area contributed by atoms with Crippen molar-refractivity contribution in [2.75, 3.05) is 36.0 Å². The van der Waals surface area contributed by atoms with Crippen LogP contribution < -0.4 is 9.80 Å². The van der Waals surface area contributed by atoms with Crippen LogP contribution in [0.5, 0.6) is 11.5 Å². The molecule has 49 heavy (non-hydrogen) atoms. The zero-order chi connectivity index (χ0) is 35.4. The van der Waals surface area contributed by atoms with Gasteiger partial charge in [-0.3, -0.25) is 0 Å². The first kappa shape index (κ1) is 38.9. The van der Waals surface area contributed by atoms with E-state index in [0.717, 1.165) is 37.6 Å². The van der Waals surface area contributed by atoms with Crippen molar-refractivity contribution in [2.45, 2.75) is 27.7 Å². The summed E-state index contributed by atoms with van der Waals surface area (Å²) in [6.07, 6.45) is 0. The Labute approximate surface area is 294 Å². The minimum Gasteiger partial charge on any atom is -0.506 e. The number of phenolic OH excluding ortho intramolecular Hbond substituents is 2. The van der Waals surface area contributed by atoms with Crippen LogP contribution in [0.3, 0.4) is 0 Å². The SMILES string of the molecule is CCN(CC)c1ccc(N=Nc2nc(C#N)c(C#N)n2C)c(O)c1.[C-]#[N+]c1nc(N=Nc2ccc(N(CC)CC)cc2O)n(C)c1[N+]#[C-].[Co]. The van der Waals surface area contributed by atoms with E-state index in [1.54, 1.807) is 38.4 Å². The Morgan fingerprint density at radius 2 is 1.20 bits per heavy atom. The number of rotatable bonds is 10. The fourth-order valence-electron chi connectivity index (χ4n) is 4.50. The molecule has 253 valence electrons. The van der Waals surface area contributed by atoms with E-state index in [-0.39, 0.29) is 68.9 Å². The standard InChI is InChI=1S/2C16H17N7O.Co/c1-6-23(7-2)11-8-9-12(13(24)10-11)20-21-16-19-14(17-3)15(18-4)22(16)5;1-4-23(5-2)11-6-7-12(15(24)8-11)20-21-16-19-13(9-17)14(10-18)22(16)3;/h8-10,24H,6-7H2,1-2,5H3;6-8,24H,4-5H2,1-3H3;. The van der Waals surface area contributed by atoms with Gasteiger partial charge in [-0.25, -0.2) is 4.57 Å². The number of nitrogens with zero attached hydrogens (tertiary/aromatic N) is 14. The van der Waals surface area contributed by atoms with Gasteiger partial charge in [0.1, 0.15) is 35.0 Å². The summed E-state index contributed by atoms with van der Waals surface area (Å²) in [5.41, 5.74) is 2.49. The summed E-state index contributed by atoms with van der Waals surface area (Å²) in [6, 6.07) is 14.0. The van der Waals surface area contributed by atoms with Crippen molar-refractivity contribution in [3.05, 3.63) is 70.6 Å². The van der Waals surface area contributed by atoms with Crippen LogP contribution in [-0.2, 0) is 30.9 Å². The third kappa shape index (κ3) is 8.96. The molecule has 0 saturated carbocycles. The Balaban J connectivity index is 0.000000333. The van der Waals surface area contributed by atoms with Crippen LogP contribution in [0.2, 0.25) is 0 Å². The smallest absolute Gasteiger partial charge is 0.416 e. The minimum absolute atomic E-state index is 0. The second-order valence-electron chi connectivity index (χ2n) is 9.82. The number of aromatic hydroxyl groups is 2. The number of hydrogen-bond donors (Lipinski definition) is 2. The normalized spacial score (nSPS) is 10.3. The predicted octanol–water partition coefficient (Wildman–Crippen LogP) is 7.62. The molecule has 0 fully saturated rings. The van der Waals surface area contributed by atoms with E-state index in [1.165, 1.54) is 9.13 Å². The molecule has 0 unspecified atom stereocenters. The van der Waals surface area contributed by atoms with Crippen molar-refractivity contribution in [1.29, 1.82) is 10.5 Å². The van der Waals surface area contributed by atoms with E-state index in [2.05, 4.69) is 49.9 Å². The zero-order valence-corrected chi connectivity index (χ0v) is 28.8. The number of imidazole rings is 2. The summed E-state index contributed by atoms with van der Waals surface area (Å²) in [5.74, 6) is 0.365. The predicted molar refractivity (Wildman–Crippen MR) is 180 cm³/mol. The number of benzene rings is 2. The maximum atomic E-state index is 10.1. The van der Waals surface area contributed by atoms with Gasteiger partial charge >= 0.3 is 5.95 Å². The van der Waals surface area contributed by atoms with Gasteiger partial charge in [0.2, 0.25) is 0 Å². The quantitative estimate of drug-likeness (QED) is 0.124. The molecule has 17 heteroatoms. The van der Waals surface area contributed by atoms with Crippen LogP contribution in [0.25, 0.3) is 9.69 Å². The van der Waals surface area contributed by atoms with Crippen molar-refractivity contribution in [3.8, 4) is 23.6 Å². The van der Waals surface area contributed by atoms with Gasteiger partial charge in [-0.05, 0) is 52.0 Å². The Kier molecular flexibility index (Phi) is 14.4. The summed E-state index contributed by atoms with van der Waals surface area (Å²) in [6.45, 7) is 25.6. The summed E-state index contributed by atoms with van der Waals surface area (Å²) in [4.78, 5) is 18.6. The number of phenols is 2. The van der Waals surface area contributed by atoms with Gasteiger partial charge in [0, 0.05) is 73.5 Å². The summed E-state index contributed by atoms with van der Waals surface area (Å²) in [5, 5.41) is 54.0. The maximum absolute atomic E-state index is 10.1. The molecule has 0 aliphatic heterocycles. The van der Waals surface area contributed by atoms with Gasteiger partial charge in [-0.1, -0.05) is 23.2 Å². The van der Waals surface area contributed by atoms with Gasteiger partial charge in [-0.15, -0.1) is 15.3 Å². The van der Waals surface area contributed by atoms with Crippen molar-refractivity contribution >= 4 is 46.3 Å². The van der Waals surface area contributed by atoms with Gasteiger partial charge in [0.15, 0.2) is 11.4 Å². The van der Waals surface area contributed by atoms with E-state index in [0.29, 0.717) is 5.69 Å². The molecule has 2 aromatic carbocycles. The molecular weight excluding hydrogens is 671 g/mol. The molecule has 0 aliphatic carbocycles. The minimum atomic E-state index is -0.0115. The molecule has 2 N–H and O–H groups in total. The molecule has 0 amide bonds. The molecule has 2 heterocycles. The van der Waals surface area contributed by atoms with Crippen molar-refractivity contribution in [3.63, 3.8) is 0 Å².